The molecule has 0 saturated carbocycles. The van der Waals surface area contributed by atoms with Crippen LogP contribution in [0.1, 0.15) is 18.5 Å². The van der Waals surface area contributed by atoms with Gasteiger partial charge in [-0.1, -0.05) is 0 Å². The number of carbonyl (C=O) groups excluding carboxylic acids is 1. The first-order chi connectivity index (χ1) is 12.3. The molecule has 0 amide bonds. The quantitative estimate of drug-likeness (QED) is 0.719. The molecule has 0 unspecified atom stereocenters. The maximum absolute atomic E-state index is 12.3. The summed E-state index contributed by atoms with van der Waals surface area (Å²) in [5.41, 5.74) is 2.68. The first kappa shape index (κ1) is 15.8. The van der Waals surface area contributed by atoms with Crippen LogP contribution in [0, 0.1) is 0 Å². The van der Waals surface area contributed by atoms with E-state index in [4.69, 9.17) is 0 Å². The Morgan fingerprint density at radius 1 is 1.04 bits per heavy atom. The predicted molar refractivity (Wildman–Crippen MR) is 97.2 cm³/mol. The second-order valence-corrected chi connectivity index (χ2v) is 6.53. The minimum atomic E-state index is 0.232. The number of aromatic nitrogens is 3. The van der Waals surface area contributed by atoms with Crippen molar-refractivity contribution < 1.29 is 4.79 Å². The summed E-state index contributed by atoms with van der Waals surface area (Å²) in [6.45, 7) is 2.62. The molecule has 1 aliphatic heterocycles. The number of hydrogen-bond acceptors (Lipinski definition) is 5. The Hall–Kier alpha value is -2.66. The monoisotopic (exact) mass is 332 g/mol. The average Bonchev–Trinajstić information content (AvgIpc) is 3.14. The van der Waals surface area contributed by atoms with Gasteiger partial charge in [0.05, 0.1) is 18.7 Å². The Balaban J connectivity index is 1.55. The summed E-state index contributed by atoms with van der Waals surface area (Å²) in [5.74, 6) is 0.232. The van der Waals surface area contributed by atoms with Crippen molar-refractivity contribution in [3.63, 3.8) is 0 Å². The van der Waals surface area contributed by atoms with Crippen molar-refractivity contribution in [2.45, 2.75) is 19.3 Å². The zero-order chi connectivity index (χ0) is 17.1. The SMILES string of the molecule is O=C(Cc1cc2cc(-c3cccnc3)ncc2cn1)CN1CCCC1. The van der Waals surface area contributed by atoms with E-state index in [9.17, 15) is 4.79 Å². The van der Waals surface area contributed by atoms with Gasteiger partial charge in [0.1, 0.15) is 0 Å². The van der Waals surface area contributed by atoms with Crippen LogP contribution in [-0.2, 0) is 11.2 Å². The van der Waals surface area contributed by atoms with Gasteiger partial charge in [0.2, 0.25) is 0 Å². The number of hydrogen-bond donors (Lipinski definition) is 0. The summed E-state index contributed by atoms with van der Waals surface area (Å²) in [4.78, 5) is 27.6. The summed E-state index contributed by atoms with van der Waals surface area (Å²) < 4.78 is 0. The summed E-state index contributed by atoms with van der Waals surface area (Å²) in [7, 11) is 0. The molecule has 126 valence electrons. The lowest BCUT2D eigenvalue weighted by atomic mass is 10.1. The molecule has 0 N–H and O–H groups in total. The van der Waals surface area contributed by atoms with Crippen LogP contribution in [-0.4, -0.2) is 45.3 Å². The molecule has 1 fully saturated rings. The van der Waals surface area contributed by atoms with Crippen LogP contribution in [0.25, 0.3) is 22.0 Å². The van der Waals surface area contributed by atoms with Crippen molar-refractivity contribution >= 4 is 16.6 Å². The molecule has 5 heteroatoms. The lowest BCUT2D eigenvalue weighted by molar-refractivity contribution is -0.119. The molecule has 5 nitrogen and oxygen atoms in total. The van der Waals surface area contributed by atoms with Gasteiger partial charge < -0.3 is 0 Å². The van der Waals surface area contributed by atoms with Gasteiger partial charge in [-0.2, -0.15) is 0 Å². The maximum Gasteiger partial charge on any atom is 0.152 e. The molecular formula is C20H20N4O. The molecule has 3 aromatic rings. The molecule has 3 aromatic heterocycles. The molecule has 0 bridgehead atoms. The van der Waals surface area contributed by atoms with Crippen LogP contribution in [0.15, 0.2) is 49.1 Å². The Bertz CT molecular complexity index is 889. The van der Waals surface area contributed by atoms with Crippen molar-refractivity contribution in [3.8, 4) is 11.3 Å². The van der Waals surface area contributed by atoms with Gasteiger partial charge in [-0.3, -0.25) is 24.6 Å². The van der Waals surface area contributed by atoms with Gasteiger partial charge >= 0.3 is 0 Å². The normalized spacial score (nSPS) is 14.9. The number of rotatable bonds is 5. The summed E-state index contributed by atoms with van der Waals surface area (Å²) >= 11 is 0. The molecule has 0 radical (unpaired) electrons. The van der Waals surface area contributed by atoms with Crippen LogP contribution in [0.3, 0.4) is 0 Å². The van der Waals surface area contributed by atoms with Crippen LogP contribution in [0.2, 0.25) is 0 Å². The number of pyridine rings is 3. The lowest BCUT2D eigenvalue weighted by Gasteiger charge is -2.13. The van der Waals surface area contributed by atoms with Crippen LogP contribution in [0.4, 0.5) is 0 Å². The molecule has 0 atom stereocenters. The fourth-order valence-corrected chi connectivity index (χ4v) is 3.30. The Kier molecular flexibility index (Phi) is 4.48. The third-order valence-electron chi connectivity index (χ3n) is 4.59. The van der Waals surface area contributed by atoms with E-state index >= 15 is 0 Å². The van der Waals surface area contributed by atoms with Gasteiger partial charge in [0.25, 0.3) is 0 Å². The third kappa shape index (κ3) is 3.72. The van der Waals surface area contributed by atoms with Crippen molar-refractivity contribution in [1.82, 2.24) is 19.9 Å². The fourth-order valence-electron chi connectivity index (χ4n) is 3.30. The average molecular weight is 332 g/mol. The van der Waals surface area contributed by atoms with E-state index in [2.05, 4.69) is 19.9 Å². The highest BCUT2D eigenvalue weighted by Crippen LogP contribution is 2.21. The smallest absolute Gasteiger partial charge is 0.152 e. The van der Waals surface area contributed by atoms with Gasteiger partial charge in [0, 0.05) is 41.4 Å². The second kappa shape index (κ2) is 7.07. The van der Waals surface area contributed by atoms with Gasteiger partial charge in [-0.05, 0) is 55.6 Å². The number of fused-ring (bicyclic) bond motifs is 1. The number of likely N-dealkylation sites (tertiary alicyclic amines) is 1. The van der Waals surface area contributed by atoms with Crippen molar-refractivity contribution in [1.29, 1.82) is 0 Å². The number of carbonyl (C=O) groups is 1. The summed E-state index contributed by atoms with van der Waals surface area (Å²) in [6, 6.07) is 7.92. The largest absolute Gasteiger partial charge is 0.298 e. The first-order valence-corrected chi connectivity index (χ1v) is 8.67. The Labute approximate surface area is 146 Å². The zero-order valence-electron chi connectivity index (χ0n) is 14.1. The minimum absolute atomic E-state index is 0.232. The Morgan fingerprint density at radius 3 is 2.68 bits per heavy atom. The standard InChI is InChI=1S/C20H20N4O/c25-19(14-24-6-1-2-7-24)10-18-8-16-9-20(15-4-3-5-21-11-15)23-13-17(16)12-22-18/h3-5,8-9,11-13H,1-2,6-7,10,14H2. The molecular weight excluding hydrogens is 312 g/mol. The molecule has 0 aromatic carbocycles. The van der Waals surface area contributed by atoms with Crippen LogP contribution < -0.4 is 0 Å². The number of Topliss-reactive ketones (excluding diaryl/α,β-unsaturated/α-hetero) is 1. The van der Waals surface area contributed by atoms with E-state index in [0.717, 1.165) is 40.8 Å². The topological polar surface area (TPSA) is 59.0 Å². The van der Waals surface area contributed by atoms with Gasteiger partial charge in [0.15, 0.2) is 5.78 Å². The predicted octanol–water partition coefficient (Wildman–Crippen LogP) is 2.90. The third-order valence-corrected chi connectivity index (χ3v) is 4.59. The molecule has 1 saturated heterocycles. The molecule has 4 rings (SSSR count). The minimum Gasteiger partial charge on any atom is -0.298 e. The summed E-state index contributed by atoms with van der Waals surface area (Å²) in [5, 5.41) is 2.02. The van der Waals surface area contributed by atoms with Crippen molar-refractivity contribution in [2.75, 3.05) is 19.6 Å². The molecule has 1 aliphatic rings. The van der Waals surface area contributed by atoms with Crippen molar-refractivity contribution in [2.24, 2.45) is 0 Å². The fraction of sp³-hybridized carbons (Fsp3) is 0.300. The summed E-state index contributed by atoms with van der Waals surface area (Å²) in [6.07, 6.45) is 9.96. The van der Waals surface area contributed by atoms with Gasteiger partial charge in [-0.25, -0.2) is 0 Å². The first-order valence-electron chi connectivity index (χ1n) is 8.67. The van der Waals surface area contributed by atoms with Crippen LogP contribution >= 0.6 is 0 Å². The molecule has 25 heavy (non-hydrogen) atoms. The van der Waals surface area contributed by atoms with E-state index in [1.54, 1.807) is 18.6 Å². The number of ketones is 1. The van der Waals surface area contributed by atoms with Crippen LogP contribution in [0.5, 0.6) is 0 Å². The highest BCUT2D eigenvalue weighted by atomic mass is 16.1. The van der Waals surface area contributed by atoms with E-state index in [0.29, 0.717) is 13.0 Å². The highest BCUT2D eigenvalue weighted by Gasteiger charge is 2.15. The molecule has 4 heterocycles. The molecule has 0 spiro atoms. The number of nitrogens with zero attached hydrogens (tertiary/aromatic N) is 4. The van der Waals surface area contributed by atoms with Crippen molar-refractivity contribution in [3.05, 3.63) is 54.7 Å². The molecule has 0 aliphatic carbocycles. The maximum atomic E-state index is 12.3. The second-order valence-electron chi connectivity index (χ2n) is 6.53. The highest BCUT2D eigenvalue weighted by molar-refractivity contribution is 5.87. The lowest BCUT2D eigenvalue weighted by Crippen LogP contribution is -2.27. The van der Waals surface area contributed by atoms with E-state index in [1.165, 1.54) is 12.8 Å². The van der Waals surface area contributed by atoms with E-state index < -0.39 is 0 Å². The Morgan fingerprint density at radius 2 is 1.88 bits per heavy atom. The van der Waals surface area contributed by atoms with E-state index in [1.807, 2.05) is 30.5 Å². The van der Waals surface area contributed by atoms with Gasteiger partial charge in [-0.15, -0.1) is 0 Å². The zero-order valence-corrected chi connectivity index (χ0v) is 14.1. The van der Waals surface area contributed by atoms with E-state index in [-0.39, 0.29) is 5.78 Å².